The molecule has 0 amide bonds. The second kappa shape index (κ2) is 7.49. The molecule has 0 aliphatic heterocycles. The lowest BCUT2D eigenvalue weighted by Gasteiger charge is -2.28. The van der Waals surface area contributed by atoms with Gasteiger partial charge in [-0.05, 0) is 60.8 Å². The maximum absolute atomic E-state index is 5.45. The minimum atomic E-state index is 0.214. The third kappa shape index (κ3) is 3.76. The van der Waals surface area contributed by atoms with Crippen molar-refractivity contribution in [3.63, 3.8) is 0 Å². The molecule has 3 rings (SSSR count). The smallest absolute Gasteiger partial charge is 0.213 e. The third-order valence-electron chi connectivity index (χ3n) is 4.17. The van der Waals surface area contributed by atoms with Crippen LogP contribution in [-0.2, 0) is 6.42 Å². The van der Waals surface area contributed by atoms with Crippen LogP contribution in [0.5, 0.6) is 11.6 Å². The Bertz CT molecular complexity index is 719. The topological polar surface area (TPSA) is 55.4 Å². The van der Waals surface area contributed by atoms with Crippen LogP contribution in [0, 0.1) is 0 Å². The molecule has 0 bridgehead atoms. The third-order valence-corrected chi connectivity index (χ3v) is 4.39. The van der Waals surface area contributed by atoms with Gasteiger partial charge in [-0.2, -0.15) is 0 Å². The molecule has 5 nitrogen and oxygen atoms in total. The first-order chi connectivity index (χ1) is 11.7. The van der Waals surface area contributed by atoms with E-state index in [0.717, 1.165) is 30.7 Å². The Hall–Kier alpha value is -2.34. The number of ether oxygens (including phenoxy) is 2. The summed E-state index contributed by atoms with van der Waals surface area (Å²) in [5.41, 5.74) is 3.45. The van der Waals surface area contributed by atoms with Crippen LogP contribution in [0.2, 0.25) is 0 Å². The van der Waals surface area contributed by atoms with Crippen LogP contribution in [0.1, 0.15) is 30.0 Å². The molecule has 1 aliphatic rings. The number of benzene rings is 1. The molecule has 24 heavy (non-hydrogen) atoms. The number of hydrogen-bond donors (Lipinski definition) is 2. The normalized spacial score (nSPS) is 16.0. The van der Waals surface area contributed by atoms with Gasteiger partial charge in [-0.3, -0.25) is 0 Å². The summed E-state index contributed by atoms with van der Waals surface area (Å²) in [6.07, 6.45) is 4.96. The molecule has 126 valence electrons. The van der Waals surface area contributed by atoms with Crippen molar-refractivity contribution in [3.05, 3.63) is 47.7 Å². The minimum absolute atomic E-state index is 0.214. The lowest BCUT2D eigenvalue weighted by Crippen LogP contribution is -2.34. The van der Waals surface area contributed by atoms with Crippen molar-refractivity contribution < 1.29 is 9.47 Å². The summed E-state index contributed by atoms with van der Waals surface area (Å²) in [5.74, 6) is 1.48. The highest BCUT2D eigenvalue weighted by atomic mass is 32.1. The van der Waals surface area contributed by atoms with Crippen molar-refractivity contribution >= 4 is 23.0 Å². The Morgan fingerprint density at radius 1 is 1.21 bits per heavy atom. The second-order valence-corrected chi connectivity index (χ2v) is 6.11. The summed E-state index contributed by atoms with van der Waals surface area (Å²) >= 11 is 5.45. The van der Waals surface area contributed by atoms with Gasteiger partial charge >= 0.3 is 0 Å². The molecule has 0 fully saturated rings. The maximum Gasteiger partial charge on any atom is 0.213 e. The van der Waals surface area contributed by atoms with Gasteiger partial charge in [-0.25, -0.2) is 4.98 Å². The minimum Gasteiger partial charge on any atom is -0.497 e. The Kier molecular flexibility index (Phi) is 5.15. The van der Waals surface area contributed by atoms with Gasteiger partial charge < -0.3 is 20.1 Å². The number of pyridine rings is 1. The van der Waals surface area contributed by atoms with E-state index in [0.29, 0.717) is 11.0 Å². The molecule has 0 unspecified atom stereocenters. The van der Waals surface area contributed by atoms with Crippen molar-refractivity contribution in [3.8, 4) is 11.6 Å². The second-order valence-electron chi connectivity index (χ2n) is 5.70. The predicted molar refractivity (Wildman–Crippen MR) is 98.8 cm³/mol. The summed E-state index contributed by atoms with van der Waals surface area (Å²) in [5, 5.41) is 7.17. The zero-order chi connectivity index (χ0) is 16.9. The van der Waals surface area contributed by atoms with E-state index >= 15 is 0 Å². The number of nitrogens with one attached hydrogen (secondary N) is 2. The highest BCUT2D eigenvalue weighted by Gasteiger charge is 2.21. The van der Waals surface area contributed by atoms with Gasteiger partial charge in [0.05, 0.1) is 32.1 Å². The molecule has 1 atom stereocenters. The summed E-state index contributed by atoms with van der Waals surface area (Å²) < 4.78 is 10.4. The summed E-state index contributed by atoms with van der Waals surface area (Å²) in [4.78, 5) is 4.17. The van der Waals surface area contributed by atoms with E-state index in [-0.39, 0.29) is 6.04 Å². The number of hydrogen-bond acceptors (Lipinski definition) is 4. The van der Waals surface area contributed by atoms with Gasteiger partial charge in [0.25, 0.3) is 0 Å². The summed E-state index contributed by atoms with van der Waals surface area (Å²) in [7, 11) is 3.29. The Morgan fingerprint density at radius 2 is 2.08 bits per heavy atom. The molecule has 2 aromatic rings. The average molecular weight is 343 g/mol. The molecule has 1 aromatic carbocycles. The first kappa shape index (κ1) is 16.5. The van der Waals surface area contributed by atoms with E-state index in [1.165, 1.54) is 11.1 Å². The van der Waals surface area contributed by atoms with Gasteiger partial charge in [-0.15, -0.1) is 0 Å². The number of fused-ring (bicyclic) bond motifs is 1. The van der Waals surface area contributed by atoms with Gasteiger partial charge in [0.2, 0.25) is 5.88 Å². The van der Waals surface area contributed by atoms with E-state index in [2.05, 4.69) is 27.8 Å². The lowest BCUT2D eigenvalue weighted by atomic mass is 9.87. The van der Waals surface area contributed by atoms with Gasteiger partial charge in [-0.1, -0.05) is 6.07 Å². The van der Waals surface area contributed by atoms with Gasteiger partial charge in [0.15, 0.2) is 5.11 Å². The SMILES string of the molecule is COc1ccc2c(c1)CCC[C@@H]2NC(=S)Nc1ccc(OC)nc1. The van der Waals surface area contributed by atoms with Crippen molar-refractivity contribution in [1.29, 1.82) is 0 Å². The molecule has 2 N–H and O–H groups in total. The molecule has 1 heterocycles. The molecule has 6 heteroatoms. The van der Waals surface area contributed by atoms with Crippen LogP contribution in [-0.4, -0.2) is 24.3 Å². The quantitative estimate of drug-likeness (QED) is 0.829. The Morgan fingerprint density at radius 3 is 2.79 bits per heavy atom. The van der Waals surface area contributed by atoms with Crippen molar-refractivity contribution in [1.82, 2.24) is 10.3 Å². The predicted octanol–water partition coefficient (Wildman–Crippen LogP) is 3.46. The molecule has 1 aliphatic carbocycles. The highest BCUT2D eigenvalue weighted by Crippen LogP contribution is 2.32. The van der Waals surface area contributed by atoms with E-state index in [1.807, 2.05) is 12.1 Å². The van der Waals surface area contributed by atoms with Crippen molar-refractivity contribution in [2.45, 2.75) is 25.3 Å². The Labute approximate surface area is 147 Å². The van der Waals surface area contributed by atoms with Crippen LogP contribution < -0.4 is 20.1 Å². The molecular weight excluding hydrogens is 322 g/mol. The fourth-order valence-corrected chi connectivity index (χ4v) is 3.23. The zero-order valence-electron chi connectivity index (χ0n) is 13.8. The van der Waals surface area contributed by atoms with E-state index in [1.54, 1.807) is 26.5 Å². The lowest BCUT2D eigenvalue weighted by molar-refractivity contribution is 0.398. The first-order valence-electron chi connectivity index (χ1n) is 7.94. The number of anilines is 1. The molecule has 0 saturated heterocycles. The van der Waals surface area contributed by atoms with Crippen molar-refractivity contribution in [2.24, 2.45) is 0 Å². The van der Waals surface area contributed by atoms with E-state index in [4.69, 9.17) is 21.7 Å². The number of methoxy groups -OCH3 is 2. The van der Waals surface area contributed by atoms with E-state index in [9.17, 15) is 0 Å². The van der Waals surface area contributed by atoms with E-state index < -0.39 is 0 Å². The number of thiocarbonyl (C=S) groups is 1. The fraction of sp³-hybridized carbons (Fsp3) is 0.333. The first-order valence-corrected chi connectivity index (χ1v) is 8.35. The van der Waals surface area contributed by atoms with Crippen LogP contribution >= 0.6 is 12.2 Å². The molecular formula is C18H21N3O2S. The van der Waals surface area contributed by atoms with Crippen LogP contribution in [0.15, 0.2) is 36.5 Å². The number of aromatic nitrogens is 1. The molecule has 1 aromatic heterocycles. The van der Waals surface area contributed by atoms with Gasteiger partial charge in [0.1, 0.15) is 5.75 Å². The largest absolute Gasteiger partial charge is 0.497 e. The van der Waals surface area contributed by atoms with Crippen molar-refractivity contribution in [2.75, 3.05) is 19.5 Å². The average Bonchev–Trinajstić information content (AvgIpc) is 2.62. The molecule has 0 saturated carbocycles. The highest BCUT2D eigenvalue weighted by molar-refractivity contribution is 7.80. The monoisotopic (exact) mass is 343 g/mol. The number of aryl methyl sites for hydroxylation is 1. The number of rotatable bonds is 4. The summed E-state index contributed by atoms with van der Waals surface area (Å²) in [6, 6.07) is 10.1. The fourth-order valence-electron chi connectivity index (χ4n) is 2.97. The van der Waals surface area contributed by atoms with Crippen LogP contribution in [0.25, 0.3) is 0 Å². The van der Waals surface area contributed by atoms with Crippen LogP contribution in [0.4, 0.5) is 5.69 Å². The number of nitrogens with zero attached hydrogens (tertiary/aromatic N) is 1. The van der Waals surface area contributed by atoms with Crippen LogP contribution in [0.3, 0.4) is 0 Å². The summed E-state index contributed by atoms with van der Waals surface area (Å²) in [6.45, 7) is 0. The molecule has 0 spiro atoms. The maximum atomic E-state index is 5.45. The molecule has 0 radical (unpaired) electrons. The Balaban J connectivity index is 1.66. The zero-order valence-corrected chi connectivity index (χ0v) is 14.7. The standard InChI is InChI=1S/C18H21N3O2S/c1-22-14-7-8-15-12(10-14)4-3-5-16(15)21-18(24)20-13-6-9-17(23-2)19-11-13/h6-11,16H,3-5H2,1-2H3,(H2,20,21,24)/t16-/m0/s1. The van der Waals surface area contributed by atoms with Gasteiger partial charge in [0, 0.05) is 6.07 Å².